The molecule has 0 saturated carbocycles. The number of rotatable bonds is 19. The van der Waals surface area contributed by atoms with Crippen LogP contribution in [0.3, 0.4) is 0 Å². The molecular weight excluding hydrogens is 833 g/mol. The first-order valence-electron chi connectivity index (χ1n) is 21.6. The summed E-state index contributed by atoms with van der Waals surface area (Å²) in [6.45, 7) is 3.63. The Labute approximate surface area is 374 Å². The number of aromatic hydroxyl groups is 1. The lowest BCUT2D eigenvalue weighted by Gasteiger charge is -2.30. The number of aromatic nitrogens is 4. The van der Waals surface area contributed by atoms with Gasteiger partial charge in [-0.25, -0.2) is 9.78 Å². The van der Waals surface area contributed by atoms with Crippen LogP contribution in [0.4, 0.5) is 0 Å². The average molecular weight is 887 g/mol. The van der Waals surface area contributed by atoms with Crippen LogP contribution < -0.4 is 27.0 Å². The molecule has 1 aliphatic rings. The van der Waals surface area contributed by atoms with Crippen molar-refractivity contribution in [1.82, 2.24) is 46.1 Å². The summed E-state index contributed by atoms with van der Waals surface area (Å²) in [7, 11) is 0. The number of amides is 5. The first kappa shape index (κ1) is 45.6. The van der Waals surface area contributed by atoms with Crippen LogP contribution in [0.15, 0.2) is 97.7 Å². The average Bonchev–Trinajstić information content (AvgIpc) is 4.14. The number of carbonyl (C=O) groups is 6. The second kappa shape index (κ2) is 20.4. The molecular formula is C47H54N10O8. The summed E-state index contributed by atoms with van der Waals surface area (Å²) < 4.78 is 0. The number of phenolic OH excluding ortho intramolecular Hbond substituents is 1. The summed E-state index contributed by atoms with van der Waals surface area (Å²) >= 11 is 0. The van der Waals surface area contributed by atoms with Crippen LogP contribution in [0.2, 0.25) is 0 Å². The Morgan fingerprint density at radius 2 is 1.31 bits per heavy atom. The van der Waals surface area contributed by atoms with Crippen molar-refractivity contribution in [2.45, 2.75) is 88.6 Å². The third kappa shape index (κ3) is 11.0. The molecule has 0 radical (unpaired) electrons. The number of H-pyrrole nitrogens is 3. The largest absolute Gasteiger partial charge is 0.508 e. The molecule has 1 aliphatic heterocycles. The molecule has 6 atom stereocenters. The summed E-state index contributed by atoms with van der Waals surface area (Å²) in [6.07, 6.45) is 7.30. The van der Waals surface area contributed by atoms with Gasteiger partial charge < -0.3 is 57.1 Å². The second-order valence-corrected chi connectivity index (χ2v) is 16.8. The minimum absolute atomic E-state index is 0.0154. The standard InChI is InChI=1S/C47H54N10O8/c1-26(2)41(56-44(61)38(20-29-23-51-36-11-6-4-9-33(29)36)53-42(59)34(48)19-28-22-50-35-10-5-3-8-32(28)35)45(62)54-37(18-27-13-15-31(58)16-14-27)43(60)55-39(21-30-24-49-25-52-30)46(63)57-17-7-12-40(57)47(64)65/h3-6,8-11,13-16,22-26,34,37-41,50-51,58H,7,12,17-21,48H2,1-2H3,(H,49,52)(H,53,59)(H,54,62)(H,55,60)(H,56,61)(H,64,65). The van der Waals surface area contributed by atoms with E-state index in [1.807, 2.05) is 48.5 Å². The summed E-state index contributed by atoms with van der Waals surface area (Å²) in [5.74, 6) is -5.02. The molecule has 6 aromatic rings. The van der Waals surface area contributed by atoms with Crippen molar-refractivity contribution in [1.29, 1.82) is 0 Å². The van der Waals surface area contributed by atoms with E-state index in [4.69, 9.17) is 5.73 Å². The maximum atomic E-state index is 14.4. The van der Waals surface area contributed by atoms with Gasteiger partial charge in [0, 0.05) is 71.9 Å². The number of para-hydroxylation sites is 2. The van der Waals surface area contributed by atoms with Crippen molar-refractivity contribution in [3.05, 3.63) is 120 Å². The maximum absolute atomic E-state index is 14.4. The minimum atomic E-state index is -1.32. The van der Waals surface area contributed by atoms with Crippen LogP contribution in [0, 0.1) is 5.92 Å². The Morgan fingerprint density at radius 1 is 0.723 bits per heavy atom. The number of fused-ring (bicyclic) bond motifs is 2. The number of carboxylic acids is 1. The van der Waals surface area contributed by atoms with E-state index >= 15 is 0 Å². The number of likely N-dealkylation sites (tertiary alicyclic amines) is 1. The highest BCUT2D eigenvalue weighted by Gasteiger charge is 2.39. The number of imidazole rings is 1. The Balaban J connectivity index is 1.12. The predicted octanol–water partition coefficient (Wildman–Crippen LogP) is 2.35. The normalized spacial score (nSPS) is 16.1. The van der Waals surface area contributed by atoms with Crippen molar-refractivity contribution in [2.75, 3.05) is 6.54 Å². The van der Waals surface area contributed by atoms with Crippen molar-refractivity contribution in [3.8, 4) is 5.75 Å². The Hall–Kier alpha value is -7.47. The smallest absolute Gasteiger partial charge is 0.326 e. The number of nitrogens with two attached hydrogens (primary N) is 1. The zero-order valence-corrected chi connectivity index (χ0v) is 36.0. The van der Waals surface area contributed by atoms with Crippen LogP contribution in [0.25, 0.3) is 21.8 Å². The molecule has 3 aromatic heterocycles. The van der Waals surface area contributed by atoms with Crippen molar-refractivity contribution < 1.29 is 39.0 Å². The molecule has 340 valence electrons. The van der Waals surface area contributed by atoms with Gasteiger partial charge in [0.05, 0.1) is 12.4 Å². The molecule has 4 heterocycles. The molecule has 11 N–H and O–H groups in total. The van der Waals surface area contributed by atoms with Gasteiger partial charge in [-0.3, -0.25) is 24.0 Å². The SMILES string of the molecule is CC(C)C(NC(=O)C(Cc1c[nH]c2ccccc12)NC(=O)C(N)Cc1c[nH]c2ccccc12)C(=O)NC(Cc1ccc(O)cc1)C(=O)NC(Cc1cnc[nH]1)C(=O)N1CCCC1C(=O)O. The third-order valence-electron chi connectivity index (χ3n) is 11.9. The zero-order valence-electron chi connectivity index (χ0n) is 36.0. The molecule has 65 heavy (non-hydrogen) atoms. The highest BCUT2D eigenvalue weighted by molar-refractivity contribution is 5.97. The maximum Gasteiger partial charge on any atom is 0.326 e. The number of carboxylic acid groups (broad SMARTS) is 1. The summed E-state index contributed by atoms with van der Waals surface area (Å²) in [5.41, 5.74) is 10.8. The molecule has 1 fully saturated rings. The van der Waals surface area contributed by atoms with E-state index in [1.54, 1.807) is 38.4 Å². The molecule has 18 nitrogen and oxygen atoms in total. The molecule has 5 amide bonds. The number of hydrogen-bond donors (Lipinski definition) is 10. The highest BCUT2D eigenvalue weighted by Crippen LogP contribution is 2.23. The van der Waals surface area contributed by atoms with Gasteiger partial charge in [0.15, 0.2) is 0 Å². The Kier molecular flexibility index (Phi) is 14.3. The van der Waals surface area contributed by atoms with Gasteiger partial charge >= 0.3 is 5.97 Å². The fourth-order valence-electron chi connectivity index (χ4n) is 8.34. The Morgan fingerprint density at radius 3 is 1.92 bits per heavy atom. The third-order valence-corrected chi connectivity index (χ3v) is 11.9. The number of benzene rings is 3. The number of nitrogens with one attached hydrogen (secondary N) is 7. The lowest BCUT2D eigenvalue weighted by Crippen LogP contribution is -2.61. The first-order valence-corrected chi connectivity index (χ1v) is 21.6. The number of hydrogen-bond acceptors (Lipinski definition) is 9. The monoisotopic (exact) mass is 886 g/mol. The molecule has 6 unspecified atom stereocenters. The fourth-order valence-corrected chi connectivity index (χ4v) is 8.34. The van der Waals surface area contributed by atoms with Gasteiger partial charge in [0.2, 0.25) is 29.5 Å². The van der Waals surface area contributed by atoms with Crippen molar-refractivity contribution >= 4 is 57.3 Å². The molecule has 3 aromatic carbocycles. The van der Waals surface area contributed by atoms with Crippen LogP contribution in [-0.4, -0.2) is 113 Å². The van der Waals surface area contributed by atoms with E-state index in [2.05, 4.69) is 41.2 Å². The summed E-state index contributed by atoms with van der Waals surface area (Å²) in [4.78, 5) is 97.6. The van der Waals surface area contributed by atoms with Crippen LogP contribution >= 0.6 is 0 Å². The zero-order chi connectivity index (χ0) is 46.2. The number of carbonyl (C=O) groups excluding carboxylic acids is 5. The molecule has 0 bridgehead atoms. The van der Waals surface area contributed by atoms with Gasteiger partial charge in [0.25, 0.3) is 0 Å². The van der Waals surface area contributed by atoms with Crippen LogP contribution in [0.5, 0.6) is 5.75 Å². The topological polar surface area (TPSA) is 281 Å². The lowest BCUT2D eigenvalue weighted by molar-refractivity contribution is -0.149. The molecule has 1 saturated heterocycles. The van der Waals surface area contributed by atoms with Gasteiger partial charge in [-0.15, -0.1) is 0 Å². The summed E-state index contributed by atoms with van der Waals surface area (Å²) in [6, 6.07) is 14.1. The fraction of sp³-hybridized carbons (Fsp3) is 0.340. The van der Waals surface area contributed by atoms with Gasteiger partial charge in [-0.2, -0.15) is 0 Å². The van der Waals surface area contributed by atoms with Crippen LogP contribution in [0.1, 0.15) is 49.1 Å². The highest BCUT2D eigenvalue weighted by atomic mass is 16.4. The van der Waals surface area contributed by atoms with E-state index in [-0.39, 0.29) is 44.4 Å². The Bertz CT molecular complexity index is 2640. The van der Waals surface area contributed by atoms with Crippen LogP contribution in [-0.2, 0) is 54.5 Å². The quantitative estimate of drug-likeness (QED) is 0.0567. The van der Waals surface area contributed by atoms with E-state index in [0.717, 1.165) is 32.9 Å². The molecule has 0 aliphatic carbocycles. The van der Waals surface area contributed by atoms with Crippen molar-refractivity contribution in [2.24, 2.45) is 11.7 Å². The lowest BCUT2D eigenvalue weighted by atomic mass is 9.98. The van der Waals surface area contributed by atoms with Gasteiger partial charge in [-0.1, -0.05) is 62.4 Å². The van der Waals surface area contributed by atoms with E-state index in [9.17, 15) is 39.0 Å². The number of aromatic amines is 3. The van der Waals surface area contributed by atoms with Gasteiger partial charge in [0.1, 0.15) is 36.0 Å². The van der Waals surface area contributed by atoms with E-state index < -0.39 is 77.7 Å². The predicted molar refractivity (Wildman–Crippen MR) is 241 cm³/mol. The number of aliphatic carboxylic acids is 1. The molecule has 0 spiro atoms. The molecule has 7 rings (SSSR count). The van der Waals surface area contributed by atoms with E-state index in [0.29, 0.717) is 17.7 Å². The number of phenols is 1. The molecule has 18 heteroatoms. The van der Waals surface area contributed by atoms with Crippen molar-refractivity contribution in [3.63, 3.8) is 0 Å². The second-order valence-electron chi connectivity index (χ2n) is 16.8. The summed E-state index contributed by atoms with van der Waals surface area (Å²) in [5, 5.41) is 32.8. The minimum Gasteiger partial charge on any atom is -0.508 e. The number of nitrogens with zero attached hydrogens (tertiary/aromatic N) is 2. The first-order chi connectivity index (χ1) is 31.2. The van der Waals surface area contributed by atoms with E-state index in [1.165, 1.54) is 29.6 Å². The van der Waals surface area contributed by atoms with Gasteiger partial charge in [-0.05, 0) is 66.1 Å².